The minimum absolute atomic E-state index is 0.00490. The zero-order valence-electron chi connectivity index (χ0n) is 18.6. The van der Waals surface area contributed by atoms with Crippen molar-refractivity contribution in [3.05, 3.63) is 58.9 Å². The number of halogens is 1. The van der Waals surface area contributed by atoms with E-state index >= 15 is 0 Å². The lowest BCUT2D eigenvalue weighted by Gasteiger charge is -2.44. The van der Waals surface area contributed by atoms with Crippen LogP contribution in [0.4, 0.5) is 9.18 Å². The number of nitrogens with one attached hydrogen (secondary N) is 1. The van der Waals surface area contributed by atoms with E-state index in [1.54, 1.807) is 13.0 Å². The average molecular weight is 423 g/mol. The molecule has 0 radical (unpaired) electrons. The summed E-state index contributed by atoms with van der Waals surface area (Å²) in [6.07, 6.45) is 2.80. The Balaban J connectivity index is 1.33. The Kier molecular flexibility index (Phi) is 5.04. The molecule has 31 heavy (non-hydrogen) atoms. The number of amides is 1. The van der Waals surface area contributed by atoms with Gasteiger partial charge in [0.05, 0.1) is 6.04 Å². The SMILES string of the molecule is Cc1ccc(-c2ccc3c(c2)CC(C)(C)C3NC(=O)O[C@H]2CN3CCC2CC3)cc1F. The van der Waals surface area contributed by atoms with Gasteiger partial charge in [0.1, 0.15) is 11.9 Å². The topological polar surface area (TPSA) is 41.6 Å². The lowest BCUT2D eigenvalue weighted by molar-refractivity contribution is -0.0348. The summed E-state index contributed by atoms with van der Waals surface area (Å²) in [5, 5.41) is 3.17. The van der Waals surface area contributed by atoms with Crippen LogP contribution >= 0.6 is 0 Å². The van der Waals surface area contributed by atoms with E-state index in [1.807, 2.05) is 18.2 Å². The maximum atomic E-state index is 14.1. The number of aryl methyl sites for hydroxylation is 1. The van der Waals surface area contributed by atoms with Gasteiger partial charge < -0.3 is 10.1 Å². The molecule has 2 aromatic carbocycles. The van der Waals surface area contributed by atoms with Crippen molar-refractivity contribution in [2.24, 2.45) is 11.3 Å². The van der Waals surface area contributed by atoms with Gasteiger partial charge in [-0.1, -0.05) is 44.2 Å². The summed E-state index contributed by atoms with van der Waals surface area (Å²) in [4.78, 5) is 15.2. The molecule has 4 aliphatic rings. The summed E-state index contributed by atoms with van der Waals surface area (Å²) < 4.78 is 19.9. The van der Waals surface area contributed by atoms with Gasteiger partial charge in [-0.05, 0) is 84.5 Å². The van der Waals surface area contributed by atoms with Gasteiger partial charge >= 0.3 is 6.09 Å². The Hall–Kier alpha value is -2.40. The van der Waals surface area contributed by atoms with E-state index in [0.717, 1.165) is 55.6 Å². The Morgan fingerprint density at radius 2 is 1.84 bits per heavy atom. The summed E-state index contributed by atoms with van der Waals surface area (Å²) in [7, 11) is 0. The molecule has 5 heteroatoms. The lowest BCUT2D eigenvalue weighted by atomic mass is 9.85. The minimum Gasteiger partial charge on any atom is -0.445 e. The molecule has 1 amide bonds. The van der Waals surface area contributed by atoms with Gasteiger partial charge in [-0.3, -0.25) is 4.90 Å². The Bertz CT molecular complexity index is 1010. The number of carbonyl (C=O) groups is 1. The fourth-order valence-corrected chi connectivity index (χ4v) is 5.61. The molecule has 3 aliphatic heterocycles. The predicted octanol–water partition coefficient (Wildman–Crippen LogP) is 5.24. The zero-order chi connectivity index (χ0) is 21.8. The standard InChI is InChI=1S/C26H31FN2O2/c1-16-4-5-19(13-22(16)27)18-6-7-21-20(12-18)14-26(2,3)24(21)28-25(30)31-23-15-29-10-8-17(23)9-11-29/h4-7,12-13,17,23-24H,8-11,14-15H2,1-3H3,(H,28,30)/t23-,24?/m0/s1. The number of alkyl carbamates (subject to hydrolysis) is 1. The first kappa shape index (κ1) is 20.5. The molecule has 3 heterocycles. The molecule has 0 spiro atoms. The molecule has 164 valence electrons. The summed E-state index contributed by atoms with van der Waals surface area (Å²) >= 11 is 0. The van der Waals surface area contributed by atoms with Crippen LogP contribution in [0.25, 0.3) is 11.1 Å². The molecule has 1 unspecified atom stereocenters. The van der Waals surface area contributed by atoms with Crippen LogP contribution in [0.2, 0.25) is 0 Å². The zero-order valence-corrected chi connectivity index (χ0v) is 18.6. The first-order valence-corrected chi connectivity index (χ1v) is 11.4. The van der Waals surface area contributed by atoms with Crippen molar-refractivity contribution in [2.75, 3.05) is 19.6 Å². The molecule has 6 rings (SSSR count). The molecule has 4 nitrogen and oxygen atoms in total. The third-order valence-electron chi connectivity index (χ3n) is 7.50. The third-order valence-corrected chi connectivity index (χ3v) is 7.50. The summed E-state index contributed by atoms with van der Waals surface area (Å²) in [5.74, 6) is 0.311. The van der Waals surface area contributed by atoms with Crippen LogP contribution in [0, 0.1) is 24.1 Å². The van der Waals surface area contributed by atoms with Crippen molar-refractivity contribution in [2.45, 2.75) is 52.2 Å². The summed E-state index contributed by atoms with van der Waals surface area (Å²) in [6, 6.07) is 11.5. The van der Waals surface area contributed by atoms with Crippen molar-refractivity contribution in [1.29, 1.82) is 0 Å². The van der Waals surface area contributed by atoms with Gasteiger partial charge in [0, 0.05) is 6.54 Å². The highest BCUT2D eigenvalue weighted by molar-refractivity contribution is 5.70. The lowest BCUT2D eigenvalue weighted by Crippen LogP contribution is -2.53. The minimum atomic E-state index is -0.311. The van der Waals surface area contributed by atoms with E-state index in [0.29, 0.717) is 11.5 Å². The number of nitrogens with zero attached hydrogens (tertiary/aromatic N) is 1. The van der Waals surface area contributed by atoms with Crippen molar-refractivity contribution in [3.63, 3.8) is 0 Å². The molecule has 3 saturated heterocycles. The average Bonchev–Trinajstić information content (AvgIpc) is 2.99. The largest absolute Gasteiger partial charge is 0.445 e. The number of rotatable bonds is 3. The molecule has 0 aromatic heterocycles. The molecule has 0 saturated carbocycles. The summed E-state index contributed by atoms with van der Waals surface area (Å²) in [5.41, 5.74) is 4.75. The molecular weight excluding hydrogens is 391 g/mol. The van der Waals surface area contributed by atoms with Crippen LogP contribution in [0.1, 0.15) is 49.4 Å². The number of fused-ring (bicyclic) bond motifs is 4. The maximum Gasteiger partial charge on any atom is 0.407 e. The van der Waals surface area contributed by atoms with Crippen molar-refractivity contribution in [1.82, 2.24) is 10.2 Å². The third kappa shape index (κ3) is 3.84. The van der Waals surface area contributed by atoms with Crippen LogP contribution < -0.4 is 5.32 Å². The van der Waals surface area contributed by atoms with Crippen molar-refractivity contribution >= 4 is 6.09 Å². The van der Waals surface area contributed by atoms with Gasteiger partial charge in [0.2, 0.25) is 0 Å². The first-order chi connectivity index (χ1) is 14.8. The molecular formula is C26H31FN2O2. The Morgan fingerprint density at radius 1 is 1.13 bits per heavy atom. The molecule has 2 atom stereocenters. The van der Waals surface area contributed by atoms with Gasteiger partial charge in [0.25, 0.3) is 0 Å². The van der Waals surface area contributed by atoms with Crippen LogP contribution in [-0.2, 0) is 11.2 Å². The number of benzene rings is 2. The van der Waals surface area contributed by atoms with Gasteiger partial charge in [-0.25, -0.2) is 9.18 Å². The van der Waals surface area contributed by atoms with Crippen LogP contribution in [0.3, 0.4) is 0 Å². The molecule has 3 fully saturated rings. The van der Waals surface area contributed by atoms with Crippen LogP contribution in [-0.4, -0.2) is 36.7 Å². The van der Waals surface area contributed by atoms with Crippen LogP contribution in [0.15, 0.2) is 36.4 Å². The highest BCUT2D eigenvalue weighted by Gasteiger charge is 2.42. The fourth-order valence-electron chi connectivity index (χ4n) is 5.61. The predicted molar refractivity (Wildman–Crippen MR) is 119 cm³/mol. The number of carbonyl (C=O) groups excluding carboxylic acids is 1. The van der Waals surface area contributed by atoms with Crippen molar-refractivity contribution in [3.8, 4) is 11.1 Å². The van der Waals surface area contributed by atoms with Crippen molar-refractivity contribution < 1.29 is 13.9 Å². The van der Waals surface area contributed by atoms with E-state index in [2.05, 4.69) is 36.2 Å². The first-order valence-electron chi connectivity index (χ1n) is 11.4. The van der Waals surface area contributed by atoms with E-state index in [4.69, 9.17) is 4.74 Å². The summed E-state index contributed by atoms with van der Waals surface area (Å²) in [6.45, 7) is 9.24. The van der Waals surface area contributed by atoms with E-state index in [1.165, 1.54) is 5.56 Å². The number of piperidine rings is 3. The fraction of sp³-hybridized carbons (Fsp3) is 0.500. The number of hydrogen-bond acceptors (Lipinski definition) is 3. The molecule has 2 aromatic rings. The second kappa shape index (κ2) is 7.63. The smallest absolute Gasteiger partial charge is 0.407 e. The van der Waals surface area contributed by atoms with Crippen LogP contribution in [0.5, 0.6) is 0 Å². The highest BCUT2D eigenvalue weighted by atomic mass is 19.1. The van der Waals surface area contributed by atoms with Gasteiger partial charge in [-0.2, -0.15) is 0 Å². The van der Waals surface area contributed by atoms with Gasteiger partial charge in [0.15, 0.2) is 0 Å². The van der Waals surface area contributed by atoms with E-state index < -0.39 is 0 Å². The Morgan fingerprint density at radius 3 is 2.52 bits per heavy atom. The second-order valence-electron chi connectivity index (χ2n) is 10.2. The van der Waals surface area contributed by atoms with E-state index in [9.17, 15) is 9.18 Å². The second-order valence-corrected chi connectivity index (χ2v) is 10.2. The quantitative estimate of drug-likeness (QED) is 0.735. The normalized spacial score (nSPS) is 28.3. The monoisotopic (exact) mass is 422 g/mol. The maximum absolute atomic E-state index is 14.1. The number of ether oxygens (including phenoxy) is 1. The molecule has 2 bridgehead atoms. The molecule has 1 N–H and O–H groups in total. The Labute approximate surface area is 183 Å². The molecule has 1 aliphatic carbocycles. The van der Waals surface area contributed by atoms with Gasteiger partial charge in [-0.15, -0.1) is 0 Å². The van der Waals surface area contributed by atoms with E-state index in [-0.39, 0.29) is 29.5 Å². The highest BCUT2D eigenvalue weighted by Crippen LogP contribution is 2.46. The number of hydrogen-bond donors (Lipinski definition) is 1.